The van der Waals surface area contributed by atoms with Gasteiger partial charge in [0.2, 0.25) is 0 Å². The van der Waals surface area contributed by atoms with Gasteiger partial charge in [0.25, 0.3) is 5.56 Å². The fourth-order valence-corrected chi connectivity index (χ4v) is 2.06. The second-order valence-electron chi connectivity index (χ2n) is 4.71. The van der Waals surface area contributed by atoms with E-state index in [1.165, 1.54) is 0 Å². The topological polar surface area (TPSA) is 65.9 Å². The minimum atomic E-state index is -0.335. The third kappa shape index (κ3) is 3.27. The predicted molar refractivity (Wildman–Crippen MR) is 76.9 cm³/mol. The number of nitrogens with zero attached hydrogens (tertiary/aromatic N) is 1. The molecule has 0 saturated heterocycles. The van der Waals surface area contributed by atoms with Gasteiger partial charge in [-0.15, -0.1) is 0 Å². The molecule has 0 aliphatic rings. The molecule has 2 aromatic rings. The van der Waals surface area contributed by atoms with Gasteiger partial charge < -0.3 is 9.72 Å². The lowest BCUT2D eigenvalue weighted by atomic mass is 10.1. The molecule has 0 amide bonds. The summed E-state index contributed by atoms with van der Waals surface area (Å²) < 4.78 is 5.65. The van der Waals surface area contributed by atoms with Crippen LogP contribution < -0.4 is 10.3 Å². The van der Waals surface area contributed by atoms with Crippen molar-refractivity contribution in [2.45, 2.75) is 20.3 Å². The Balaban J connectivity index is 2.08. The number of nitriles is 1. The van der Waals surface area contributed by atoms with Gasteiger partial charge in [-0.25, -0.2) is 0 Å². The summed E-state index contributed by atoms with van der Waals surface area (Å²) in [7, 11) is 0. The Morgan fingerprint density at radius 3 is 2.80 bits per heavy atom. The highest BCUT2D eigenvalue weighted by atomic mass is 16.5. The number of ether oxygens (including phenoxy) is 1. The molecule has 0 spiro atoms. The summed E-state index contributed by atoms with van der Waals surface area (Å²) in [6.07, 6.45) is 0.529. The molecule has 102 valence electrons. The minimum absolute atomic E-state index is 0.170. The van der Waals surface area contributed by atoms with E-state index in [1.54, 1.807) is 6.92 Å². The first kappa shape index (κ1) is 13.9. The lowest BCUT2D eigenvalue weighted by Gasteiger charge is -2.08. The number of nitrogens with one attached hydrogen (secondary N) is 1. The van der Waals surface area contributed by atoms with E-state index in [2.05, 4.69) is 4.98 Å². The van der Waals surface area contributed by atoms with Crippen LogP contribution >= 0.6 is 0 Å². The summed E-state index contributed by atoms with van der Waals surface area (Å²) >= 11 is 0. The second kappa shape index (κ2) is 6.07. The van der Waals surface area contributed by atoms with Gasteiger partial charge in [0.1, 0.15) is 17.4 Å². The third-order valence-electron chi connectivity index (χ3n) is 2.99. The van der Waals surface area contributed by atoms with E-state index >= 15 is 0 Å². The van der Waals surface area contributed by atoms with Crippen molar-refractivity contribution in [2.75, 3.05) is 6.61 Å². The first-order valence-electron chi connectivity index (χ1n) is 6.42. The molecular weight excluding hydrogens is 252 g/mol. The molecule has 0 fully saturated rings. The first-order chi connectivity index (χ1) is 9.60. The van der Waals surface area contributed by atoms with Crippen LogP contribution in [0.3, 0.4) is 0 Å². The quantitative estimate of drug-likeness (QED) is 0.926. The Labute approximate surface area is 117 Å². The number of H-pyrrole nitrogens is 1. The molecule has 0 saturated carbocycles. The number of aromatic nitrogens is 1. The summed E-state index contributed by atoms with van der Waals surface area (Å²) in [5, 5.41) is 9.03. The van der Waals surface area contributed by atoms with Crippen molar-refractivity contribution in [1.82, 2.24) is 4.98 Å². The molecule has 1 aromatic carbocycles. The monoisotopic (exact) mass is 268 g/mol. The van der Waals surface area contributed by atoms with Gasteiger partial charge in [-0.3, -0.25) is 4.79 Å². The highest BCUT2D eigenvalue weighted by Gasteiger charge is 2.08. The largest absolute Gasteiger partial charge is 0.493 e. The standard InChI is InChI=1S/C16H16N2O2/c1-11-4-3-5-14(8-11)20-7-6-13-9-12(2)18-16(19)15(13)10-17/h3-5,8-9H,6-7H2,1-2H3,(H,18,19). The fraction of sp³-hybridized carbons (Fsp3) is 0.250. The lowest BCUT2D eigenvalue weighted by molar-refractivity contribution is 0.321. The third-order valence-corrected chi connectivity index (χ3v) is 2.99. The fourth-order valence-electron chi connectivity index (χ4n) is 2.06. The van der Waals surface area contributed by atoms with Crippen molar-refractivity contribution >= 4 is 0 Å². The molecule has 0 radical (unpaired) electrons. The molecule has 2 rings (SSSR count). The van der Waals surface area contributed by atoms with Crippen LogP contribution in [0.5, 0.6) is 5.75 Å². The highest BCUT2D eigenvalue weighted by molar-refractivity contribution is 5.36. The van der Waals surface area contributed by atoms with Gasteiger partial charge in [0.15, 0.2) is 0 Å². The van der Waals surface area contributed by atoms with Crippen LogP contribution in [0.15, 0.2) is 35.1 Å². The molecule has 1 heterocycles. The van der Waals surface area contributed by atoms with Crippen LogP contribution in [0.2, 0.25) is 0 Å². The van der Waals surface area contributed by atoms with Gasteiger partial charge in [-0.2, -0.15) is 5.26 Å². The van der Waals surface area contributed by atoms with E-state index in [1.807, 2.05) is 43.3 Å². The maximum atomic E-state index is 11.7. The summed E-state index contributed by atoms with van der Waals surface area (Å²) in [4.78, 5) is 14.3. The number of aromatic amines is 1. The van der Waals surface area contributed by atoms with Crippen LogP contribution in [0.4, 0.5) is 0 Å². The Morgan fingerprint density at radius 1 is 1.30 bits per heavy atom. The molecule has 4 nitrogen and oxygen atoms in total. The molecule has 1 aromatic heterocycles. The normalized spacial score (nSPS) is 10.1. The number of benzene rings is 1. The van der Waals surface area contributed by atoms with Crippen molar-refractivity contribution in [2.24, 2.45) is 0 Å². The average Bonchev–Trinajstić information content (AvgIpc) is 2.38. The minimum Gasteiger partial charge on any atom is -0.493 e. The summed E-state index contributed by atoms with van der Waals surface area (Å²) in [5.74, 6) is 0.796. The maximum absolute atomic E-state index is 11.7. The molecule has 0 bridgehead atoms. The first-order valence-corrected chi connectivity index (χ1v) is 6.42. The van der Waals surface area contributed by atoms with Gasteiger partial charge in [0, 0.05) is 12.1 Å². The number of aryl methyl sites for hydroxylation is 2. The number of hydrogen-bond acceptors (Lipinski definition) is 3. The van der Waals surface area contributed by atoms with Crippen LogP contribution in [0.25, 0.3) is 0 Å². The van der Waals surface area contributed by atoms with E-state index in [0.29, 0.717) is 13.0 Å². The molecule has 0 aliphatic carbocycles. The number of pyridine rings is 1. The Bertz CT molecular complexity index is 711. The predicted octanol–water partition coefficient (Wildman–Crippen LogP) is 2.48. The van der Waals surface area contributed by atoms with E-state index < -0.39 is 0 Å². The average molecular weight is 268 g/mol. The zero-order valence-electron chi connectivity index (χ0n) is 11.6. The molecule has 0 aliphatic heterocycles. The van der Waals surface area contributed by atoms with Crippen molar-refractivity contribution in [3.8, 4) is 11.8 Å². The number of rotatable bonds is 4. The summed E-state index contributed by atoms with van der Waals surface area (Å²) in [5.41, 5.74) is 2.44. The zero-order chi connectivity index (χ0) is 14.5. The van der Waals surface area contributed by atoms with Crippen molar-refractivity contribution in [1.29, 1.82) is 5.26 Å². The van der Waals surface area contributed by atoms with Gasteiger partial charge >= 0.3 is 0 Å². The Morgan fingerprint density at radius 2 is 2.10 bits per heavy atom. The van der Waals surface area contributed by atoms with E-state index in [-0.39, 0.29) is 11.1 Å². The maximum Gasteiger partial charge on any atom is 0.266 e. The van der Waals surface area contributed by atoms with Gasteiger partial charge in [0.05, 0.1) is 6.61 Å². The smallest absolute Gasteiger partial charge is 0.266 e. The molecule has 20 heavy (non-hydrogen) atoms. The van der Waals surface area contributed by atoms with E-state index in [9.17, 15) is 4.79 Å². The molecular formula is C16H16N2O2. The SMILES string of the molecule is Cc1cccc(OCCc2cc(C)[nH]c(=O)c2C#N)c1. The van der Waals surface area contributed by atoms with Crippen molar-refractivity contribution in [3.05, 3.63) is 63.1 Å². The molecule has 1 N–H and O–H groups in total. The van der Waals surface area contributed by atoms with Crippen molar-refractivity contribution in [3.63, 3.8) is 0 Å². The summed E-state index contributed by atoms with van der Waals surface area (Å²) in [6.45, 7) is 4.23. The zero-order valence-corrected chi connectivity index (χ0v) is 11.6. The number of hydrogen-bond donors (Lipinski definition) is 1. The molecule has 0 unspecified atom stereocenters. The highest BCUT2D eigenvalue weighted by Crippen LogP contribution is 2.13. The van der Waals surface area contributed by atoms with E-state index in [0.717, 1.165) is 22.6 Å². The molecule has 0 atom stereocenters. The van der Waals surface area contributed by atoms with Crippen LogP contribution in [0.1, 0.15) is 22.4 Å². The lowest BCUT2D eigenvalue weighted by Crippen LogP contribution is -2.16. The molecule has 4 heteroatoms. The van der Waals surface area contributed by atoms with Crippen LogP contribution in [-0.2, 0) is 6.42 Å². The van der Waals surface area contributed by atoms with Gasteiger partial charge in [-0.05, 0) is 43.2 Å². The Kier molecular flexibility index (Phi) is 4.21. The van der Waals surface area contributed by atoms with Crippen LogP contribution in [-0.4, -0.2) is 11.6 Å². The Hall–Kier alpha value is -2.54. The summed E-state index contributed by atoms with van der Waals surface area (Å²) in [6, 6.07) is 11.5. The van der Waals surface area contributed by atoms with Gasteiger partial charge in [-0.1, -0.05) is 12.1 Å². The van der Waals surface area contributed by atoms with Crippen LogP contribution in [0, 0.1) is 25.2 Å². The van der Waals surface area contributed by atoms with E-state index in [4.69, 9.17) is 10.00 Å². The second-order valence-corrected chi connectivity index (χ2v) is 4.71. The van der Waals surface area contributed by atoms with Crippen molar-refractivity contribution < 1.29 is 4.74 Å².